The lowest BCUT2D eigenvalue weighted by atomic mass is 9.99. The van der Waals surface area contributed by atoms with Crippen molar-refractivity contribution in [3.05, 3.63) is 149 Å². The zero-order chi connectivity index (χ0) is 34.4. The number of nitrogens with zero attached hydrogens (tertiary/aromatic N) is 6. The number of nitriles is 2. The number of pyridine rings is 2. The van der Waals surface area contributed by atoms with Gasteiger partial charge in [0.05, 0.1) is 41.2 Å². The number of anilines is 3. The van der Waals surface area contributed by atoms with Crippen LogP contribution in [0.4, 0.5) is 17.1 Å². The number of nitrogens with one attached hydrogen (secondary N) is 2. The first-order valence-corrected chi connectivity index (χ1v) is 16.0. The van der Waals surface area contributed by atoms with E-state index in [1.165, 1.54) is 0 Å². The Morgan fingerprint density at radius 3 is 2.02 bits per heavy atom. The van der Waals surface area contributed by atoms with Gasteiger partial charge in [-0.05, 0) is 96.4 Å². The zero-order valence-electron chi connectivity index (χ0n) is 27.7. The fourth-order valence-electron chi connectivity index (χ4n) is 5.30. The van der Waals surface area contributed by atoms with Gasteiger partial charge in [0, 0.05) is 62.7 Å². The summed E-state index contributed by atoms with van der Waals surface area (Å²) in [4.78, 5) is 26.0. The molecule has 2 heterocycles. The van der Waals surface area contributed by atoms with Gasteiger partial charge in [-0.15, -0.1) is 0 Å². The normalized spacial score (nSPS) is 10.8. The molecule has 0 fully saturated rings. The van der Waals surface area contributed by atoms with Crippen molar-refractivity contribution in [1.29, 1.82) is 10.5 Å². The molecule has 0 aliphatic rings. The van der Waals surface area contributed by atoms with Gasteiger partial charge in [0.2, 0.25) is 5.91 Å². The Labute approximate surface area is 287 Å². The lowest BCUT2D eigenvalue weighted by Crippen LogP contribution is -2.30. The number of amides is 1. The zero-order valence-corrected chi connectivity index (χ0v) is 27.7. The molecule has 0 radical (unpaired) electrons. The second kappa shape index (κ2) is 17.0. The van der Waals surface area contributed by atoms with Gasteiger partial charge in [-0.1, -0.05) is 36.4 Å². The lowest BCUT2D eigenvalue weighted by Gasteiger charge is -2.22. The van der Waals surface area contributed by atoms with Crippen LogP contribution in [-0.2, 0) is 17.9 Å². The fraction of sp³-hybridized carbons (Fsp3) is 0.175. The van der Waals surface area contributed by atoms with E-state index in [0.29, 0.717) is 16.7 Å². The van der Waals surface area contributed by atoms with Gasteiger partial charge in [0.15, 0.2) is 0 Å². The standard InChI is InChI=1S/C40H38N8O/c1-30-23-34(26-42)32(24-33(30)25-41)12-9-31-10-17-39(18-11-31)47(2)29-40(49)46-36-15-13-35(14-16-36)45-21-22-48(27-37-7-3-5-19-43-37)28-38-8-4-6-20-44-38/h3-20,23-24,45H,21-22,27-29H2,1-2H3,(H,46,49)/b12-9+. The van der Waals surface area contributed by atoms with Crippen molar-refractivity contribution in [2.45, 2.75) is 20.0 Å². The minimum absolute atomic E-state index is 0.122. The molecule has 0 bridgehead atoms. The SMILES string of the molecule is Cc1cc(C#N)c(/C=C/c2ccc(N(C)CC(=O)Nc3ccc(NCCN(Cc4ccccn4)Cc4ccccn4)cc3)cc2)cc1C#N. The Bertz CT molecular complexity index is 1900. The van der Waals surface area contributed by atoms with Gasteiger partial charge in [-0.3, -0.25) is 19.7 Å². The molecule has 2 N–H and O–H groups in total. The van der Waals surface area contributed by atoms with E-state index in [-0.39, 0.29) is 12.5 Å². The molecule has 1 amide bonds. The molecule has 0 spiro atoms. The van der Waals surface area contributed by atoms with Gasteiger partial charge >= 0.3 is 0 Å². The van der Waals surface area contributed by atoms with Gasteiger partial charge in [-0.2, -0.15) is 10.5 Å². The van der Waals surface area contributed by atoms with E-state index in [1.807, 2.05) is 128 Å². The fourth-order valence-corrected chi connectivity index (χ4v) is 5.30. The number of aryl methyl sites for hydroxylation is 1. The van der Waals surface area contributed by atoms with E-state index in [9.17, 15) is 15.3 Å². The van der Waals surface area contributed by atoms with Crippen molar-refractivity contribution in [3.63, 3.8) is 0 Å². The molecule has 0 aliphatic carbocycles. The summed E-state index contributed by atoms with van der Waals surface area (Å²) < 4.78 is 0. The summed E-state index contributed by atoms with van der Waals surface area (Å²) in [5, 5.41) is 25.3. The lowest BCUT2D eigenvalue weighted by molar-refractivity contribution is -0.114. The topological polar surface area (TPSA) is 121 Å². The summed E-state index contributed by atoms with van der Waals surface area (Å²) in [6.07, 6.45) is 7.38. The third kappa shape index (κ3) is 10.1. The quantitative estimate of drug-likeness (QED) is 0.125. The molecule has 2 aromatic heterocycles. The molecule has 5 rings (SSSR count). The molecule has 244 valence electrons. The smallest absolute Gasteiger partial charge is 0.243 e. The summed E-state index contributed by atoms with van der Waals surface area (Å²) in [7, 11) is 1.87. The average Bonchev–Trinajstić information content (AvgIpc) is 3.12. The van der Waals surface area contributed by atoms with E-state index < -0.39 is 0 Å². The summed E-state index contributed by atoms with van der Waals surface area (Å²) in [6, 6.07) is 35.3. The highest BCUT2D eigenvalue weighted by Gasteiger charge is 2.11. The first-order chi connectivity index (χ1) is 23.9. The molecular formula is C40H38N8O. The van der Waals surface area contributed by atoms with Crippen molar-refractivity contribution in [2.75, 3.05) is 42.2 Å². The van der Waals surface area contributed by atoms with E-state index in [4.69, 9.17) is 0 Å². The number of hydrogen-bond donors (Lipinski definition) is 2. The van der Waals surface area contributed by atoms with Gasteiger partial charge in [-0.25, -0.2) is 0 Å². The molecular weight excluding hydrogens is 608 g/mol. The first-order valence-electron chi connectivity index (χ1n) is 16.0. The summed E-state index contributed by atoms with van der Waals surface area (Å²) in [6.45, 7) is 4.99. The Morgan fingerprint density at radius 2 is 1.43 bits per heavy atom. The molecule has 0 atom stereocenters. The largest absolute Gasteiger partial charge is 0.384 e. The predicted molar refractivity (Wildman–Crippen MR) is 195 cm³/mol. The third-order valence-corrected chi connectivity index (χ3v) is 7.96. The van der Waals surface area contributed by atoms with Gasteiger partial charge in [0.25, 0.3) is 0 Å². The van der Waals surface area contributed by atoms with Crippen molar-refractivity contribution in [3.8, 4) is 12.1 Å². The van der Waals surface area contributed by atoms with Crippen LogP contribution >= 0.6 is 0 Å². The highest BCUT2D eigenvalue weighted by Crippen LogP contribution is 2.20. The Balaban J connectivity index is 1.09. The molecule has 0 unspecified atom stereocenters. The number of benzene rings is 3. The Kier molecular flexibility index (Phi) is 11.8. The van der Waals surface area contributed by atoms with Crippen LogP contribution in [0.5, 0.6) is 0 Å². The van der Waals surface area contributed by atoms with Crippen LogP contribution in [0.3, 0.4) is 0 Å². The molecule has 0 saturated carbocycles. The van der Waals surface area contributed by atoms with E-state index in [2.05, 4.69) is 37.6 Å². The van der Waals surface area contributed by atoms with E-state index in [1.54, 1.807) is 12.1 Å². The molecule has 0 saturated heterocycles. The minimum Gasteiger partial charge on any atom is -0.384 e. The molecule has 0 aliphatic heterocycles. The van der Waals surface area contributed by atoms with Crippen LogP contribution in [0.15, 0.2) is 109 Å². The summed E-state index contributed by atoms with van der Waals surface area (Å²) in [5.74, 6) is -0.122. The summed E-state index contributed by atoms with van der Waals surface area (Å²) in [5.41, 5.74) is 8.11. The predicted octanol–water partition coefficient (Wildman–Crippen LogP) is 6.89. The van der Waals surface area contributed by atoms with Crippen LogP contribution in [0.25, 0.3) is 12.2 Å². The van der Waals surface area contributed by atoms with Crippen LogP contribution in [-0.4, -0.2) is 47.5 Å². The first kappa shape index (κ1) is 34.1. The van der Waals surface area contributed by atoms with Crippen LogP contribution in [0, 0.1) is 29.6 Å². The van der Waals surface area contributed by atoms with Gasteiger partial charge in [0.1, 0.15) is 0 Å². The van der Waals surface area contributed by atoms with Crippen LogP contribution in [0.2, 0.25) is 0 Å². The second-order valence-corrected chi connectivity index (χ2v) is 11.7. The maximum atomic E-state index is 12.8. The number of hydrogen-bond acceptors (Lipinski definition) is 8. The summed E-state index contributed by atoms with van der Waals surface area (Å²) >= 11 is 0. The number of carbonyl (C=O) groups excluding carboxylic acids is 1. The van der Waals surface area contributed by atoms with E-state index in [0.717, 1.165) is 65.8 Å². The molecule has 5 aromatic rings. The molecule has 3 aromatic carbocycles. The Morgan fingerprint density at radius 1 is 0.796 bits per heavy atom. The van der Waals surface area contributed by atoms with Crippen molar-refractivity contribution in [1.82, 2.24) is 14.9 Å². The maximum Gasteiger partial charge on any atom is 0.243 e. The van der Waals surface area contributed by atoms with E-state index >= 15 is 0 Å². The minimum atomic E-state index is -0.122. The average molecular weight is 647 g/mol. The number of likely N-dealkylation sites (N-methyl/N-ethyl adjacent to an activating group) is 1. The van der Waals surface area contributed by atoms with Crippen molar-refractivity contribution >= 4 is 35.1 Å². The van der Waals surface area contributed by atoms with Crippen molar-refractivity contribution < 1.29 is 4.79 Å². The second-order valence-electron chi connectivity index (χ2n) is 11.7. The molecule has 9 nitrogen and oxygen atoms in total. The van der Waals surface area contributed by atoms with Crippen LogP contribution in [0.1, 0.15) is 39.2 Å². The van der Waals surface area contributed by atoms with Crippen molar-refractivity contribution in [2.24, 2.45) is 0 Å². The maximum absolute atomic E-state index is 12.8. The van der Waals surface area contributed by atoms with Crippen LogP contribution < -0.4 is 15.5 Å². The number of rotatable bonds is 14. The third-order valence-electron chi connectivity index (χ3n) is 7.96. The molecule has 9 heteroatoms. The Hall–Kier alpha value is -6.29. The monoisotopic (exact) mass is 646 g/mol. The number of aromatic nitrogens is 2. The molecule has 49 heavy (non-hydrogen) atoms. The highest BCUT2D eigenvalue weighted by atomic mass is 16.2. The van der Waals surface area contributed by atoms with Gasteiger partial charge < -0.3 is 15.5 Å². The highest BCUT2D eigenvalue weighted by molar-refractivity contribution is 5.94. The number of carbonyl (C=O) groups is 1.